The fourth-order valence-electron chi connectivity index (χ4n) is 1.49. The lowest BCUT2D eigenvalue weighted by atomic mass is 10.2. The Morgan fingerprint density at radius 2 is 2.00 bits per heavy atom. The minimum absolute atomic E-state index is 0.0898. The van der Waals surface area contributed by atoms with Crippen molar-refractivity contribution in [3.8, 4) is 0 Å². The summed E-state index contributed by atoms with van der Waals surface area (Å²) in [6.07, 6.45) is 2.72. The van der Waals surface area contributed by atoms with Gasteiger partial charge in [0.05, 0.1) is 18.4 Å². The monoisotopic (exact) mass is 303 g/mol. The molecule has 0 aliphatic heterocycles. The first-order valence-electron chi connectivity index (χ1n) is 5.92. The van der Waals surface area contributed by atoms with Crippen LogP contribution in [0.15, 0.2) is 35.0 Å². The van der Waals surface area contributed by atoms with Crippen LogP contribution in [0, 0.1) is 0 Å². The van der Waals surface area contributed by atoms with Crippen molar-refractivity contribution in [1.29, 1.82) is 0 Å². The predicted octanol–water partition coefficient (Wildman–Crippen LogP) is 1.73. The topological polar surface area (TPSA) is 83.9 Å². The first kappa shape index (κ1) is 18.4. The molecule has 0 radical (unpaired) electrons. The Hall–Kier alpha value is -1.60. The van der Waals surface area contributed by atoms with E-state index in [0.29, 0.717) is 11.3 Å². The van der Waals surface area contributed by atoms with E-state index in [2.05, 4.69) is 6.58 Å². The molecule has 0 atom stereocenters. The Kier molecular flexibility index (Phi) is 7.23. The van der Waals surface area contributed by atoms with Gasteiger partial charge in [-0.2, -0.15) is 0 Å². The lowest BCUT2D eigenvalue weighted by Crippen LogP contribution is -2.30. The molecule has 0 spiro atoms. The summed E-state index contributed by atoms with van der Waals surface area (Å²) in [5.74, 6) is -0.709. The normalized spacial score (nSPS) is 13.4. The lowest BCUT2D eigenvalue weighted by molar-refractivity contribution is -0.137. The number of sulfonamides is 1. The van der Waals surface area contributed by atoms with E-state index in [9.17, 15) is 13.2 Å². The number of carboxylic acids is 1. The molecule has 0 aromatic rings. The highest BCUT2D eigenvalue weighted by molar-refractivity contribution is 7.93. The van der Waals surface area contributed by atoms with E-state index in [1.807, 2.05) is 0 Å². The summed E-state index contributed by atoms with van der Waals surface area (Å²) in [7, 11) is -0.947. The van der Waals surface area contributed by atoms with Crippen LogP contribution >= 0.6 is 0 Å². The molecule has 0 saturated carbocycles. The van der Waals surface area contributed by atoms with Crippen LogP contribution in [0.1, 0.15) is 20.3 Å². The standard InChI is InChI=1S/C13H21NO5S/c1-6-12(10(2)9-11(3)19-5)20(17,18)14(4)8-7-13(15)16/h6,9H,3,7-8H2,1-2,4-5H3,(H,15,16)/b10-9-,12-6-. The van der Waals surface area contributed by atoms with Gasteiger partial charge >= 0.3 is 5.97 Å². The minimum Gasteiger partial charge on any atom is -0.497 e. The van der Waals surface area contributed by atoms with Gasteiger partial charge in [-0.25, -0.2) is 12.7 Å². The molecule has 6 nitrogen and oxygen atoms in total. The van der Waals surface area contributed by atoms with E-state index in [4.69, 9.17) is 9.84 Å². The molecule has 20 heavy (non-hydrogen) atoms. The molecule has 0 saturated heterocycles. The highest BCUT2D eigenvalue weighted by Crippen LogP contribution is 2.21. The minimum atomic E-state index is -3.73. The summed E-state index contributed by atoms with van der Waals surface area (Å²) in [5, 5.41) is 8.61. The number of hydrogen-bond acceptors (Lipinski definition) is 4. The summed E-state index contributed by atoms with van der Waals surface area (Å²) in [5.41, 5.74) is 0.474. The van der Waals surface area contributed by atoms with Crippen LogP contribution in [-0.2, 0) is 19.6 Å². The smallest absolute Gasteiger partial charge is 0.304 e. The van der Waals surface area contributed by atoms with Gasteiger partial charge < -0.3 is 9.84 Å². The number of methoxy groups -OCH3 is 1. The highest BCUT2D eigenvalue weighted by atomic mass is 32.2. The van der Waals surface area contributed by atoms with Gasteiger partial charge in [-0.15, -0.1) is 0 Å². The third-order valence-corrected chi connectivity index (χ3v) is 4.74. The van der Waals surface area contributed by atoms with Crippen LogP contribution in [0.4, 0.5) is 0 Å². The van der Waals surface area contributed by atoms with Gasteiger partial charge in [-0.05, 0) is 25.5 Å². The van der Waals surface area contributed by atoms with Crippen LogP contribution in [0.5, 0.6) is 0 Å². The van der Waals surface area contributed by atoms with Crippen LogP contribution in [0.3, 0.4) is 0 Å². The summed E-state index contributed by atoms with van der Waals surface area (Å²) >= 11 is 0. The quantitative estimate of drug-likeness (QED) is 0.545. The molecule has 0 fully saturated rings. The van der Waals surface area contributed by atoms with Gasteiger partial charge in [0.15, 0.2) is 0 Å². The van der Waals surface area contributed by atoms with Gasteiger partial charge in [-0.3, -0.25) is 4.79 Å². The zero-order valence-corrected chi connectivity index (χ0v) is 13.0. The van der Waals surface area contributed by atoms with Crippen molar-refractivity contribution in [2.75, 3.05) is 20.7 Å². The predicted molar refractivity (Wildman–Crippen MR) is 77.5 cm³/mol. The van der Waals surface area contributed by atoms with E-state index in [1.165, 1.54) is 26.3 Å². The third kappa shape index (κ3) is 5.18. The molecule has 0 unspecified atom stereocenters. The average Bonchev–Trinajstić information content (AvgIpc) is 2.35. The van der Waals surface area contributed by atoms with Gasteiger partial charge in [0.2, 0.25) is 10.0 Å². The zero-order chi connectivity index (χ0) is 15.9. The number of allylic oxidation sites excluding steroid dienone is 3. The number of ether oxygens (including phenoxy) is 1. The van der Waals surface area contributed by atoms with Crippen molar-refractivity contribution in [3.63, 3.8) is 0 Å². The maximum Gasteiger partial charge on any atom is 0.304 e. The Balaban J connectivity index is 5.29. The van der Waals surface area contributed by atoms with Gasteiger partial charge in [0.25, 0.3) is 0 Å². The van der Waals surface area contributed by atoms with E-state index >= 15 is 0 Å². The van der Waals surface area contributed by atoms with Crippen molar-refractivity contribution in [3.05, 3.63) is 35.0 Å². The molecule has 0 aromatic carbocycles. The van der Waals surface area contributed by atoms with Crippen molar-refractivity contribution in [2.45, 2.75) is 20.3 Å². The second-order valence-electron chi connectivity index (χ2n) is 4.12. The Morgan fingerprint density at radius 3 is 2.40 bits per heavy atom. The van der Waals surface area contributed by atoms with Gasteiger partial charge in [-0.1, -0.05) is 12.7 Å². The number of rotatable bonds is 8. The first-order chi connectivity index (χ1) is 9.16. The molecular weight excluding hydrogens is 282 g/mol. The van der Waals surface area contributed by atoms with Crippen molar-refractivity contribution < 1.29 is 23.1 Å². The molecule has 0 amide bonds. The molecule has 0 bridgehead atoms. The van der Waals surface area contributed by atoms with Crippen LogP contribution in [0.25, 0.3) is 0 Å². The molecule has 0 heterocycles. The van der Waals surface area contributed by atoms with Crippen molar-refractivity contribution >= 4 is 16.0 Å². The number of nitrogens with zero attached hydrogens (tertiary/aromatic N) is 1. The number of hydrogen-bond donors (Lipinski definition) is 1. The fraction of sp³-hybridized carbons (Fsp3) is 0.462. The van der Waals surface area contributed by atoms with Crippen molar-refractivity contribution in [2.24, 2.45) is 0 Å². The highest BCUT2D eigenvalue weighted by Gasteiger charge is 2.24. The van der Waals surface area contributed by atoms with E-state index in [-0.39, 0.29) is 17.9 Å². The van der Waals surface area contributed by atoms with Crippen LogP contribution in [0.2, 0.25) is 0 Å². The van der Waals surface area contributed by atoms with Crippen LogP contribution in [-0.4, -0.2) is 44.5 Å². The fourth-order valence-corrected chi connectivity index (χ4v) is 2.92. The molecule has 0 rings (SSSR count). The lowest BCUT2D eigenvalue weighted by Gasteiger charge is -2.19. The van der Waals surface area contributed by atoms with Gasteiger partial charge in [0, 0.05) is 13.6 Å². The summed E-state index contributed by atoms with van der Waals surface area (Å²) < 4.78 is 30.6. The molecule has 7 heteroatoms. The van der Waals surface area contributed by atoms with E-state index in [0.717, 1.165) is 4.31 Å². The molecule has 114 valence electrons. The number of carbonyl (C=O) groups is 1. The van der Waals surface area contributed by atoms with Crippen molar-refractivity contribution in [1.82, 2.24) is 4.31 Å². The summed E-state index contributed by atoms with van der Waals surface area (Å²) in [4.78, 5) is 10.6. The maximum atomic E-state index is 12.3. The largest absolute Gasteiger partial charge is 0.497 e. The van der Waals surface area contributed by atoms with E-state index < -0.39 is 16.0 Å². The molecule has 0 aliphatic rings. The molecule has 0 aromatic heterocycles. The first-order valence-corrected chi connectivity index (χ1v) is 7.36. The van der Waals surface area contributed by atoms with Crippen LogP contribution < -0.4 is 0 Å². The summed E-state index contributed by atoms with van der Waals surface area (Å²) in [6.45, 7) is 6.74. The molecular formula is C13H21NO5S. The average molecular weight is 303 g/mol. The molecule has 0 aliphatic carbocycles. The SMILES string of the molecule is C=C(/C=C(C)\C(=C\C)S(=O)(=O)N(C)CCC(=O)O)OC. The second kappa shape index (κ2) is 7.86. The van der Waals surface area contributed by atoms with E-state index in [1.54, 1.807) is 13.8 Å². The Labute approximate surface area is 120 Å². The molecule has 1 N–H and O–H groups in total. The maximum absolute atomic E-state index is 12.3. The third-order valence-electron chi connectivity index (χ3n) is 2.62. The Bertz CT molecular complexity index is 531. The zero-order valence-electron chi connectivity index (χ0n) is 12.2. The number of aliphatic carboxylic acids is 1. The second-order valence-corrected chi connectivity index (χ2v) is 6.13. The Morgan fingerprint density at radius 1 is 1.45 bits per heavy atom. The summed E-state index contributed by atoms with van der Waals surface area (Å²) in [6, 6.07) is 0. The van der Waals surface area contributed by atoms with Gasteiger partial charge in [0.1, 0.15) is 5.76 Å². The number of carboxylic acid groups (broad SMARTS) is 1.